The van der Waals surface area contributed by atoms with Crippen molar-refractivity contribution in [2.75, 3.05) is 12.4 Å². The molecular formula is C21H21FN2O2. The van der Waals surface area contributed by atoms with Crippen molar-refractivity contribution in [3.05, 3.63) is 64.5 Å². The third-order valence-electron chi connectivity index (χ3n) is 4.01. The highest BCUT2D eigenvalue weighted by Crippen LogP contribution is 2.30. The summed E-state index contributed by atoms with van der Waals surface area (Å²) in [6, 6.07) is 11.1. The van der Waals surface area contributed by atoms with E-state index in [1.54, 1.807) is 13.2 Å². The van der Waals surface area contributed by atoms with E-state index in [1.807, 2.05) is 39.0 Å². The number of benzene rings is 2. The summed E-state index contributed by atoms with van der Waals surface area (Å²) in [6.07, 6.45) is 1.56. The maximum atomic E-state index is 13.0. The zero-order chi connectivity index (χ0) is 19.3. The first-order valence-corrected chi connectivity index (χ1v) is 8.23. The van der Waals surface area contributed by atoms with Gasteiger partial charge in [-0.05, 0) is 72.0 Å². The zero-order valence-electron chi connectivity index (χ0n) is 15.3. The lowest BCUT2D eigenvalue weighted by atomic mass is 9.95. The van der Waals surface area contributed by atoms with Crippen molar-refractivity contribution in [1.29, 1.82) is 5.26 Å². The van der Waals surface area contributed by atoms with E-state index in [9.17, 15) is 14.4 Å². The van der Waals surface area contributed by atoms with E-state index in [0.29, 0.717) is 5.69 Å². The Labute approximate surface area is 152 Å². The van der Waals surface area contributed by atoms with E-state index in [4.69, 9.17) is 4.74 Å². The summed E-state index contributed by atoms with van der Waals surface area (Å²) in [5.41, 5.74) is 3.07. The number of amides is 1. The van der Waals surface area contributed by atoms with Crippen LogP contribution in [0, 0.1) is 24.1 Å². The van der Waals surface area contributed by atoms with Crippen LogP contribution >= 0.6 is 0 Å². The number of rotatable bonds is 5. The fourth-order valence-corrected chi connectivity index (χ4v) is 2.54. The van der Waals surface area contributed by atoms with Crippen molar-refractivity contribution in [3.8, 4) is 11.8 Å². The topological polar surface area (TPSA) is 62.1 Å². The third-order valence-corrected chi connectivity index (χ3v) is 4.01. The van der Waals surface area contributed by atoms with Gasteiger partial charge in [0.1, 0.15) is 23.2 Å². The first-order chi connectivity index (χ1) is 12.3. The van der Waals surface area contributed by atoms with E-state index in [1.165, 1.54) is 24.3 Å². The number of carbonyl (C=O) groups excluding carboxylic acids is 1. The number of nitrogens with one attached hydrogen (secondary N) is 1. The number of anilines is 1. The molecule has 0 atom stereocenters. The zero-order valence-corrected chi connectivity index (χ0v) is 15.3. The highest BCUT2D eigenvalue weighted by atomic mass is 19.1. The Hall–Kier alpha value is -3.13. The van der Waals surface area contributed by atoms with Crippen molar-refractivity contribution >= 4 is 17.7 Å². The number of hydrogen-bond donors (Lipinski definition) is 1. The van der Waals surface area contributed by atoms with Gasteiger partial charge in [0.15, 0.2) is 0 Å². The van der Waals surface area contributed by atoms with Crippen LogP contribution in [-0.4, -0.2) is 13.0 Å². The number of methoxy groups -OCH3 is 1. The van der Waals surface area contributed by atoms with Crippen molar-refractivity contribution in [3.63, 3.8) is 0 Å². The lowest BCUT2D eigenvalue weighted by Gasteiger charge is -2.15. The summed E-state index contributed by atoms with van der Waals surface area (Å²) in [4.78, 5) is 12.4. The van der Waals surface area contributed by atoms with Crippen LogP contribution in [0.2, 0.25) is 0 Å². The predicted octanol–water partition coefficient (Wildman–Crippen LogP) is 4.81. The van der Waals surface area contributed by atoms with Gasteiger partial charge in [-0.3, -0.25) is 4.79 Å². The molecule has 26 heavy (non-hydrogen) atoms. The van der Waals surface area contributed by atoms with E-state index in [0.717, 1.165) is 22.4 Å². The maximum Gasteiger partial charge on any atom is 0.266 e. The summed E-state index contributed by atoms with van der Waals surface area (Å²) in [5.74, 6) is 0.0785. The molecule has 1 N–H and O–H groups in total. The maximum absolute atomic E-state index is 13.0. The van der Waals surface area contributed by atoms with Crippen LogP contribution in [0.25, 0.3) is 6.08 Å². The lowest BCUT2D eigenvalue weighted by Crippen LogP contribution is -2.13. The fourth-order valence-electron chi connectivity index (χ4n) is 2.54. The molecule has 0 aromatic heterocycles. The molecule has 134 valence electrons. The van der Waals surface area contributed by atoms with Crippen molar-refractivity contribution in [1.82, 2.24) is 0 Å². The van der Waals surface area contributed by atoms with Gasteiger partial charge in [0.05, 0.1) is 7.11 Å². The quantitative estimate of drug-likeness (QED) is 0.620. The van der Waals surface area contributed by atoms with Crippen LogP contribution in [-0.2, 0) is 4.79 Å². The van der Waals surface area contributed by atoms with Gasteiger partial charge in [0, 0.05) is 5.69 Å². The summed E-state index contributed by atoms with van der Waals surface area (Å²) in [5, 5.41) is 12.0. The van der Waals surface area contributed by atoms with Crippen LogP contribution in [0.5, 0.6) is 5.75 Å². The van der Waals surface area contributed by atoms with Gasteiger partial charge in [0.2, 0.25) is 0 Å². The van der Waals surface area contributed by atoms with Crippen LogP contribution in [0.1, 0.15) is 36.5 Å². The molecule has 2 aromatic rings. The van der Waals surface area contributed by atoms with E-state index in [2.05, 4.69) is 5.32 Å². The second-order valence-corrected chi connectivity index (χ2v) is 6.24. The van der Waals surface area contributed by atoms with Crippen LogP contribution in [0.15, 0.2) is 42.0 Å². The molecule has 0 spiro atoms. The van der Waals surface area contributed by atoms with Gasteiger partial charge < -0.3 is 10.1 Å². The molecule has 0 aliphatic heterocycles. The monoisotopic (exact) mass is 352 g/mol. The molecule has 1 amide bonds. The first-order valence-electron chi connectivity index (χ1n) is 8.23. The molecule has 4 nitrogen and oxygen atoms in total. The molecule has 0 unspecified atom stereocenters. The Kier molecular flexibility index (Phi) is 6.13. The van der Waals surface area contributed by atoms with Gasteiger partial charge in [-0.25, -0.2) is 4.39 Å². The number of ether oxygens (including phenoxy) is 1. The molecule has 5 heteroatoms. The molecule has 0 heterocycles. The number of nitrogens with zero attached hydrogens (tertiary/aromatic N) is 1. The number of aryl methyl sites for hydroxylation is 1. The SMILES string of the molecule is COc1cc(C)c(/C=C(/C#N)C(=O)Nc2ccc(F)cc2)cc1C(C)C. The molecule has 0 radical (unpaired) electrons. The molecule has 0 fully saturated rings. The number of carbonyl (C=O) groups is 1. The smallest absolute Gasteiger partial charge is 0.266 e. The standard InChI is InChI=1S/C21H21FN2O2/c1-13(2)19-11-15(14(3)9-20(19)26-4)10-16(12-23)21(25)24-18-7-5-17(22)6-8-18/h5-11,13H,1-4H3,(H,24,25)/b16-10-. The van der Waals surface area contributed by atoms with Crippen molar-refractivity contribution < 1.29 is 13.9 Å². The average Bonchev–Trinajstić information content (AvgIpc) is 2.61. The highest BCUT2D eigenvalue weighted by molar-refractivity contribution is 6.09. The summed E-state index contributed by atoms with van der Waals surface area (Å²) in [6.45, 7) is 5.99. The minimum Gasteiger partial charge on any atom is -0.496 e. The summed E-state index contributed by atoms with van der Waals surface area (Å²) in [7, 11) is 1.62. The van der Waals surface area contributed by atoms with Gasteiger partial charge in [-0.1, -0.05) is 13.8 Å². The number of hydrogen-bond acceptors (Lipinski definition) is 3. The molecule has 0 aliphatic rings. The Morgan fingerprint density at radius 1 is 1.27 bits per heavy atom. The van der Waals surface area contributed by atoms with Crippen molar-refractivity contribution in [2.45, 2.75) is 26.7 Å². The molecule has 0 saturated heterocycles. The Morgan fingerprint density at radius 2 is 1.92 bits per heavy atom. The lowest BCUT2D eigenvalue weighted by molar-refractivity contribution is -0.112. The van der Waals surface area contributed by atoms with Crippen LogP contribution in [0.4, 0.5) is 10.1 Å². The number of nitriles is 1. The minimum absolute atomic E-state index is 0.0303. The third kappa shape index (κ3) is 4.48. The Balaban J connectivity index is 2.36. The van der Waals surface area contributed by atoms with Gasteiger partial charge >= 0.3 is 0 Å². The Bertz CT molecular complexity index is 878. The van der Waals surface area contributed by atoms with Crippen LogP contribution < -0.4 is 10.1 Å². The number of halogens is 1. The Morgan fingerprint density at radius 3 is 2.46 bits per heavy atom. The second-order valence-electron chi connectivity index (χ2n) is 6.24. The molecule has 2 aromatic carbocycles. The van der Waals surface area contributed by atoms with E-state index < -0.39 is 11.7 Å². The minimum atomic E-state index is -0.541. The molecule has 0 bridgehead atoms. The van der Waals surface area contributed by atoms with E-state index >= 15 is 0 Å². The van der Waals surface area contributed by atoms with Crippen LogP contribution in [0.3, 0.4) is 0 Å². The van der Waals surface area contributed by atoms with Gasteiger partial charge in [-0.15, -0.1) is 0 Å². The summed E-state index contributed by atoms with van der Waals surface area (Å²) >= 11 is 0. The van der Waals surface area contributed by atoms with Gasteiger partial charge in [0.25, 0.3) is 5.91 Å². The molecule has 0 aliphatic carbocycles. The first kappa shape index (κ1) is 19.2. The van der Waals surface area contributed by atoms with E-state index in [-0.39, 0.29) is 11.5 Å². The molecule has 2 rings (SSSR count). The molecule has 0 saturated carbocycles. The normalized spacial score (nSPS) is 11.2. The van der Waals surface area contributed by atoms with Gasteiger partial charge in [-0.2, -0.15) is 5.26 Å². The summed E-state index contributed by atoms with van der Waals surface area (Å²) < 4.78 is 18.4. The molecular weight excluding hydrogens is 331 g/mol. The van der Waals surface area contributed by atoms with Crippen molar-refractivity contribution in [2.24, 2.45) is 0 Å². The predicted molar refractivity (Wildman–Crippen MR) is 100 cm³/mol. The largest absolute Gasteiger partial charge is 0.496 e. The highest BCUT2D eigenvalue weighted by Gasteiger charge is 2.14. The second kappa shape index (κ2) is 8.30. The fraction of sp³-hybridized carbons (Fsp3) is 0.238. The average molecular weight is 352 g/mol.